The first-order valence-corrected chi connectivity index (χ1v) is 12.2. The zero-order valence-corrected chi connectivity index (χ0v) is 20.6. The van der Waals surface area contributed by atoms with Crippen LogP contribution in [-0.4, -0.2) is 41.2 Å². The molecule has 1 atom stereocenters. The Balaban J connectivity index is 1.91. The van der Waals surface area contributed by atoms with Gasteiger partial charge in [-0.2, -0.15) is 0 Å². The van der Waals surface area contributed by atoms with E-state index in [9.17, 15) is 9.59 Å². The Morgan fingerprint density at radius 2 is 1.84 bits per heavy atom. The minimum absolute atomic E-state index is 0.0317. The Kier molecular flexibility index (Phi) is 7.25. The molecule has 1 aliphatic rings. The van der Waals surface area contributed by atoms with Crippen molar-refractivity contribution in [2.24, 2.45) is 5.92 Å². The fourth-order valence-electron chi connectivity index (χ4n) is 4.28. The van der Waals surface area contributed by atoms with Crippen LogP contribution < -0.4 is 0 Å². The van der Waals surface area contributed by atoms with Gasteiger partial charge < -0.3 is 9.80 Å². The first-order chi connectivity index (χ1) is 14.6. The summed E-state index contributed by atoms with van der Waals surface area (Å²) in [4.78, 5) is 31.0. The summed E-state index contributed by atoms with van der Waals surface area (Å²) < 4.78 is 0. The lowest BCUT2D eigenvalue weighted by Gasteiger charge is -2.38. The van der Waals surface area contributed by atoms with Crippen LogP contribution in [0.3, 0.4) is 0 Å². The lowest BCUT2D eigenvalue weighted by atomic mass is 9.85. The van der Waals surface area contributed by atoms with Crippen LogP contribution in [0.15, 0.2) is 35.7 Å². The summed E-state index contributed by atoms with van der Waals surface area (Å²) in [5.41, 5.74) is 3.74. The van der Waals surface area contributed by atoms with Gasteiger partial charge in [0, 0.05) is 24.4 Å². The highest BCUT2D eigenvalue weighted by Crippen LogP contribution is 2.38. The van der Waals surface area contributed by atoms with Gasteiger partial charge in [-0.1, -0.05) is 65.8 Å². The van der Waals surface area contributed by atoms with Crippen molar-refractivity contribution in [3.63, 3.8) is 0 Å². The average molecular weight is 441 g/mol. The molecule has 1 aliphatic heterocycles. The molecule has 0 saturated heterocycles. The van der Waals surface area contributed by atoms with Crippen molar-refractivity contribution in [1.82, 2.24) is 9.80 Å². The van der Waals surface area contributed by atoms with Crippen molar-refractivity contribution in [2.75, 3.05) is 19.6 Å². The highest BCUT2D eigenvalue weighted by atomic mass is 32.1. The normalized spacial score (nSPS) is 16.4. The summed E-state index contributed by atoms with van der Waals surface area (Å²) in [5.74, 6) is 0.402. The predicted octanol–water partition coefficient (Wildman–Crippen LogP) is 5.41. The molecule has 31 heavy (non-hydrogen) atoms. The molecule has 0 radical (unpaired) electrons. The minimum atomic E-state index is -0.0888. The number of nitrogens with zero attached hydrogens (tertiary/aromatic N) is 2. The second kappa shape index (κ2) is 9.56. The molecule has 1 aromatic heterocycles. The van der Waals surface area contributed by atoms with Crippen molar-refractivity contribution in [3.8, 4) is 0 Å². The molecule has 0 aliphatic carbocycles. The monoisotopic (exact) mass is 440 g/mol. The number of amides is 2. The van der Waals surface area contributed by atoms with Crippen LogP contribution >= 0.6 is 11.3 Å². The molecule has 0 bridgehead atoms. The number of fused-ring (bicyclic) bond motifs is 1. The van der Waals surface area contributed by atoms with Crippen molar-refractivity contribution in [1.29, 1.82) is 0 Å². The fourth-order valence-corrected chi connectivity index (χ4v) is 5.19. The predicted molar refractivity (Wildman–Crippen MR) is 128 cm³/mol. The number of carbonyl (C=O) groups is 2. The smallest absolute Gasteiger partial charge is 0.242 e. The number of hydrogen-bond donors (Lipinski definition) is 0. The molecule has 1 aromatic carbocycles. The van der Waals surface area contributed by atoms with Gasteiger partial charge in [0.05, 0.1) is 12.6 Å². The minimum Gasteiger partial charge on any atom is -0.333 e. The molecule has 1 unspecified atom stereocenters. The number of carbonyl (C=O) groups excluding carboxylic acids is 2. The molecule has 4 nitrogen and oxygen atoms in total. The first-order valence-electron chi connectivity index (χ1n) is 11.4. The molecule has 168 valence electrons. The van der Waals surface area contributed by atoms with Crippen molar-refractivity contribution < 1.29 is 9.59 Å². The topological polar surface area (TPSA) is 40.6 Å². The van der Waals surface area contributed by atoms with E-state index in [-0.39, 0.29) is 29.8 Å². The third-order valence-electron chi connectivity index (χ3n) is 5.95. The number of benzene rings is 1. The number of hydrogen-bond acceptors (Lipinski definition) is 3. The first kappa shape index (κ1) is 23.5. The third kappa shape index (κ3) is 5.38. The molecule has 0 saturated carbocycles. The van der Waals surface area contributed by atoms with Crippen LogP contribution in [0.25, 0.3) is 0 Å². The van der Waals surface area contributed by atoms with E-state index >= 15 is 0 Å². The van der Waals surface area contributed by atoms with Crippen molar-refractivity contribution in [2.45, 2.75) is 65.8 Å². The summed E-state index contributed by atoms with van der Waals surface area (Å²) >= 11 is 1.77. The molecule has 5 heteroatoms. The van der Waals surface area contributed by atoms with Crippen LogP contribution in [-0.2, 0) is 21.4 Å². The number of rotatable bonds is 6. The Morgan fingerprint density at radius 3 is 2.42 bits per heavy atom. The van der Waals surface area contributed by atoms with Crippen molar-refractivity contribution >= 4 is 23.2 Å². The highest BCUT2D eigenvalue weighted by molar-refractivity contribution is 7.10. The fraction of sp³-hybridized carbons (Fsp3) is 0.538. The van der Waals surface area contributed by atoms with Gasteiger partial charge in [0.1, 0.15) is 0 Å². The molecule has 0 fully saturated rings. The second-order valence-corrected chi connectivity index (χ2v) is 10.9. The van der Waals surface area contributed by atoms with Crippen LogP contribution in [0.4, 0.5) is 0 Å². The average Bonchev–Trinajstić information content (AvgIpc) is 3.19. The van der Waals surface area contributed by atoms with E-state index in [1.165, 1.54) is 16.0 Å². The summed E-state index contributed by atoms with van der Waals surface area (Å²) in [6.45, 7) is 14.1. The molecular weight excluding hydrogens is 404 g/mol. The van der Waals surface area contributed by atoms with Crippen LogP contribution in [0, 0.1) is 5.92 Å². The Hall–Kier alpha value is -2.14. The summed E-state index contributed by atoms with van der Waals surface area (Å²) in [7, 11) is 0. The molecule has 0 N–H and O–H groups in total. The van der Waals surface area contributed by atoms with Gasteiger partial charge in [0.2, 0.25) is 11.8 Å². The summed E-state index contributed by atoms with van der Waals surface area (Å²) in [5, 5.41) is 2.13. The van der Waals surface area contributed by atoms with Crippen LogP contribution in [0.2, 0.25) is 0 Å². The lowest BCUT2D eigenvalue weighted by molar-refractivity contribution is -0.142. The second-order valence-electron chi connectivity index (χ2n) is 9.93. The molecular formula is C26H36N2O2S. The molecule has 3 rings (SSSR count). The Morgan fingerprint density at radius 1 is 1.16 bits per heavy atom. The van der Waals surface area contributed by atoms with Crippen molar-refractivity contribution in [3.05, 3.63) is 57.3 Å². The van der Waals surface area contributed by atoms with Crippen LogP contribution in [0.5, 0.6) is 0 Å². The van der Waals surface area contributed by atoms with E-state index in [4.69, 9.17) is 0 Å². The SMILES string of the molecule is CCC(=O)N(CC(=O)N1CCc2sccc2C1c1ccc(C(C)(C)C)cc1)CC(C)C. The molecule has 0 spiro atoms. The lowest BCUT2D eigenvalue weighted by Crippen LogP contribution is -2.47. The standard InChI is InChI=1S/C26H36N2O2S/c1-7-23(29)27(16-18(2)3)17-24(30)28-14-12-22-21(13-15-31-22)25(28)19-8-10-20(11-9-19)26(4,5)6/h8-11,13,15,18,25H,7,12,14,16-17H2,1-6H3. The zero-order valence-electron chi connectivity index (χ0n) is 19.8. The van der Waals surface area contributed by atoms with Gasteiger partial charge in [0.15, 0.2) is 0 Å². The number of thiophene rings is 1. The third-order valence-corrected chi connectivity index (χ3v) is 6.94. The van der Waals surface area contributed by atoms with E-state index in [1.807, 2.05) is 11.8 Å². The van der Waals surface area contributed by atoms with Gasteiger partial charge >= 0.3 is 0 Å². The Bertz CT molecular complexity index is 908. The maximum absolute atomic E-state index is 13.5. The van der Waals surface area contributed by atoms with Gasteiger partial charge in [-0.05, 0) is 45.9 Å². The maximum atomic E-state index is 13.5. The van der Waals surface area contributed by atoms with E-state index in [1.54, 1.807) is 16.2 Å². The van der Waals surface area contributed by atoms with Gasteiger partial charge in [-0.3, -0.25) is 9.59 Å². The van der Waals surface area contributed by atoms with E-state index in [2.05, 4.69) is 70.3 Å². The quantitative estimate of drug-likeness (QED) is 0.602. The maximum Gasteiger partial charge on any atom is 0.242 e. The molecule has 2 amide bonds. The summed E-state index contributed by atoms with van der Waals surface area (Å²) in [6, 6.07) is 10.8. The molecule has 2 aromatic rings. The van der Waals surface area contributed by atoms with Gasteiger partial charge in [0.25, 0.3) is 0 Å². The van der Waals surface area contributed by atoms with E-state index in [0.29, 0.717) is 25.4 Å². The highest BCUT2D eigenvalue weighted by Gasteiger charge is 2.34. The largest absolute Gasteiger partial charge is 0.333 e. The summed E-state index contributed by atoms with van der Waals surface area (Å²) in [6.07, 6.45) is 1.30. The van der Waals surface area contributed by atoms with Gasteiger partial charge in [-0.15, -0.1) is 11.3 Å². The molecule has 2 heterocycles. The zero-order chi connectivity index (χ0) is 22.8. The van der Waals surface area contributed by atoms with Gasteiger partial charge in [-0.25, -0.2) is 0 Å². The van der Waals surface area contributed by atoms with Crippen LogP contribution in [0.1, 0.15) is 75.6 Å². The van der Waals surface area contributed by atoms with E-state index in [0.717, 1.165) is 12.0 Å². The van der Waals surface area contributed by atoms with E-state index < -0.39 is 0 Å². The Labute approximate surface area is 191 Å².